The van der Waals surface area contributed by atoms with Gasteiger partial charge in [0.2, 0.25) is 0 Å². The van der Waals surface area contributed by atoms with Crippen LogP contribution in [0.4, 0.5) is 5.69 Å². The van der Waals surface area contributed by atoms with E-state index in [4.69, 9.17) is 4.74 Å². The summed E-state index contributed by atoms with van der Waals surface area (Å²) >= 11 is 0. The standard InChI is InChI=1S/C22H20N2O3/c1-24(2)17-13-11-16(12-14-17)7-3-5-10-20-21(26)22(27-15-25)18-8-4-6-9-19(18)23-20/h3-15,26H,1-2H3/b7-3+,10-5+. The highest BCUT2D eigenvalue weighted by molar-refractivity contribution is 5.90. The number of pyridine rings is 1. The van der Waals surface area contributed by atoms with Gasteiger partial charge in [0.15, 0.2) is 11.5 Å². The quantitative estimate of drug-likeness (QED) is 0.525. The van der Waals surface area contributed by atoms with Crippen LogP contribution in [0.1, 0.15) is 11.3 Å². The van der Waals surface area contributed by atoms with Crippen LogP contribution in [0.3, 0.4) is 0 Å². The number of nitrogens with zero attached hydrogens (tertiary/aromatic N) is 2. The molecule has 0 atom stereocenters. The number of anilines is 1. The first-order valence-corrected chi connectivity index (χ1v) is 8.44. The van der Waals surface area contributed by atoms with E-state index < -0.39 is 0 Å². The Bertz CT molecular complexity index is 1010. The van der Waals surface area contributed by atoms with Crippen LogP contribution in [0.15, 0.2) is 60.7 Å². The van der Waals surface area contributed by atoms with Crippen LogP contribution in [0.2, 0.25) is 0 Å². The normalized spacial score (nSPS) is 11.3. The molecular weight excluding hydrogens is 340 g/mol. The smallest absolute Gasteiger partial charge is 0.298 e. The van der Waals surface area contributed by atoms with Gasteiger partial charge in [0, 0.05) is 25.2 Å². The van der Waals surface area contributed by atoms with Crippen molar-refractivity contribution in [1.29, 1.82) is 0 Å². The predicted octanol–water partition coefficient (Wildman–Crippen LogP) is 4.27. The molecule has 0 saturated heterocycles. The SMILES string of the molecule is CN(C)c1ccc(/C=C/C=C/c2nc3ccccc3c(OC=O)c2O)cc1. The first kappa shape index (κ1) is 18.2. The van der Waals surface area contributed by atoms with Crippen molar-refractivity contribution < 1.29 is 14.6 Å². The van der Waals surface area contributed by atoms with Crippen LogP contribution in [0.25, 0.3) is 23.1 Å². The van der Waals surface area contributed by atoms with E-state index in [9.17, 15) is 9.90 Å². The molecule has 0 spiro atoms. The summed E-state index contributed by atoms with van der Waals surface area (Å²) in [6.07, 6.45) is 7.27. The van der Waals surface area contributed by atoms with E-state index >= 15 is 0 Å². The molecule has 3 aromatic rings. The van der Waals surface area contributed by atoms with E-state index in [0.717, 1.165) is 11.3 Å². The maximum Gasteiger partial charge on any atom is 0.298 e. The molecule has 136 valence electrons. The van der Waals surface area contributed by atoms with Crippen molar-refractivity contribution in [2.75, 3.05) is 19.0 Å². The van der Waals surface area contributed by atoms with Gasteiger partial charge in [-0.05, 0) is 35.9 Å². The lowest BCUT2D eigenvalue weighted by Crippen LogP contribution is -2.07. The summed E-state index contributed by atoms with van der Waals surface area (Å²) in [6, 6.07) is 15.3. The van der Waals surface area contributed by atoms with Crippen molar-refractivity contribution in [3.05, 3.63) is 71.9 Å². The molecule has 5 heteroatoms. The van der Waals surface area contributed by atoms with Gasteiger partial charge in [0.25, 0.3) is 6.47 Å². The van der Waals surface area contributed by atoms with Crippen LogP contribution in [0.5, 0.6) is 11.5 Å². The van der Waals surface area contributed by atoms with Crippen LogP contribution >= 0.6 is 0 Å². The summed E-state index contributed by atoms with van der Waals surface area (Å²) in [5.74, 6) is -0.0562. The second kappa shape index (κ2) is 8.19. The highest BCUT2D eigenvalue weighted by Crippen LogP contribution is 2.36. The molecule has 0 radical (unpaired) electrons. The molecule has 1 aromatic heterocycles. The zero-order valence-corrected chi connectivity index (χ0v) is 15.2. The third kappa shape index (κ3) is 4.15. The maximum atomic E-state index is 10.8. The first-order chi connectivity index (χ1) is 13.1. The number of aromatic hydroxyl groups is 1. The van der Waals surface area contributed by atoms with Crippen LogP contribution in [-0.2, 0) is 4.79 Å². The Hall–Kier alpha value is -3.60. The minimum atomic E-state index is -0.166. The average Bonchev–Trinajstić information content (AvgIpc) is 2.68. The largest absolute Gasteiger partial charge is 0.503 e. The number of allylic oxidation sites excluding steroid dienone is 2. The molecule has 0 saturated carbocycles. The summed E-state index contributed by atoms with van der Waals surface area (Å²) in [6.45, 7) is 0.298. The minimum absolute atomic E-state index is 0.110. The molecule has 0 unspecified atom stereocenters. The van der Waals surface area contributed by atoms with E-state index in [2.05, 4.69) is 4.98 Å². The number of carbonyl (C=O) groups excluding carboxylic acids is 1. The number of aromatic nitrogens is 1. The molecule has 0 aliphatic heterocycles. The Morgan fingerprint density at radius 1 is 1.00 bits per heavy atom. The van der Waals surface area contributed by atoms with Gasteiger partial charge in [-0.3, -0.25) is 4.79 Å². The minimum Gasteiger partial charge on any atom is -0.503 e. The molecule has 2 aromatic carbocycles. The van der Waals surface area contributed by atoms with Gasteiger partial charge in [0.05, 0.1) is 5.52 Å². The number of rotatable bonds is 6. The molecule has 1 N–H and O–H groups in total. The summed E-state index contributed by atoms with van der Waals surface area (Å²) in [5, 5.41) is 11.0. The number of fused-ring (bicyclic) bond motifs is 1. The van der Waals surface area contributed by atoms with E-state index in [1.165, 1.54) is 0 Å². The first-order valence-electron chi connectivity index (χ1n) is 8.44. The second-order valence-electron chi connectivity index (χ2n) is 6.11. The Balaban J connectivity index is 1.85. The lowest BCUT2D eigenvalue weighted by molar-refractivity contribution is -0.120. The predicted molar refractivity (Wildman–Crippen MR) is 109 cm³/mol. The van der Waals surface area contributed by atoms with Gasteiger partial charge < -0.3 is 14.7 Å². The molecule has 3 rings (SSSR count). The van der Waals surface area contributed by atoms with Crippen molar-refractivity contribution in [3.8, 4) is 11.5 Å². The van der Waals surface area contributed by atoms with Gasteiger partial charge in [-0.2, -0.15) is 0 Å². The van der Waals surface area contributed by atoms with E-state index in [1.54, 1.807) is 30.4 Å². The molecule has 0 fully saturated rings. The Morgan fingerprint density at radius 2 is 1.70 bits per heavy atom. The number of hydrogen-bond donors (Lipinski definition) is 1. The lowest BCUT2D eigenvalue weighted by Gasteiger charge is -2.11. The zero-order chi connectivity index (χ0) is 19.2. The summed E-state index contributed by atoms with van der Waals surface area (Å²) < 4.78 is 4.97. The van der Waals surface area contributed by atoms with Crippen molar-refractivity contribution in [2.45, 2.75) is 0 Å². The average molecular weight is 360 g/mol. The van der Waals surface area contributed by atoms with Crippen molar-refractivity contribution in [3.63, 3.8) is 0 Å². The van der Waals surface area contributed by atoms with Crippen molar-refractivity contribution >= 4 is 35.2 Å². The second-order valence-corrected chi connectivity index (χ2v) is 6.11. The lowest BCUT2D eigenvalue weighted by atomic mass is 10.1. The molecule has 0 aliphatic rings. The number of benzene rings is 2. The fourth-order valence-electron chi connectivity index (χ4n) is 2.67. The Kier molecular flexibility index (Phi) is 5.52. The molecule has 0 bridgehead atoms. The number of ether oxygens (including phenoxy) is 1. The molecular formula is C22H20N2O3. The summed E-state index contributed by atoms with van der Waals surface area (Å²) in [4.78, 5) is 17.2. The van der Waals surface area contributed by atoms with Gasteiger partial charge in [0.1, 0.15) is 5.69 Å². The molecule has 27 heavy (non-hydrogen) atoms. The number of carbonyl (C=O) groups is 1. The zero-order valence-electron chi connectivity index (χ0n) is 15.2. The Morgan fingerprint density at radius 3 is 2.41 bits per heavy atom. The highest BCUT2D eigenvalue weighted by atomic mass is 16.5. The van der Waals surface area contributed by atoms with E-state index in [0.29, 0.717) is 23.1 Å². The van der Waals surface area contributed by atoms with Crippen LogP contribution < -0.4 is 9.64 Å². The van der Waals surface area contributed by atoms with Gasteiger partial charge >= 0.3 is 0 Å². The van der Waals surface area contributed by atoms with Crippen molar-refractivity contribution in [2.24, 2.45) is 0 Å². The summed E-state index contributed by atoms with van der Waals surface area (Å²) in [5.41, 5.74) is 3.16. The fourth-order valence-corrected chi connectivity index (χ4v) is 2.67. The molecule has 0 amide bonds. The van der Waals surface area contributed by atoms with Gasteiger partial charge in [-0.15, -0.1) is 0 Å². The maximum absolute atomic E-state index is 10.8. The Labute approximate surface area is 157 Å². The highest BCUT2D eigenvalue weighted by Gasteiger charge is 2.13. The number of hydrogen-bond acceptors (Lipinski definition) is 5. The number of para-hydroxylation sites is 1. The third-order valence-corrected chi connectivity index (χ3v) is 4.08. The van der Waals surface area contributed by atoms with Crippen molar-refractivity contribution in [1.82, 2.24) is 4.98 Å². The topological polar surface area (TPSA) is 62.7 Å². The van der Waals surface area contributed by atoms with Crippen LogP contribution in [0, 0.1) is 0 Å². The van der Waals surface area contributed by atoms with Gasteiger partial charge in [-0.1, -0.05) is 42.5 Å². The third-order valence-electron chi connectivity index (χ3n) is 4.08. The monoisotopic (exact) mass is 360 g/mol. The van der Waals surface area contributed by atoms with Crippen LogP contribution in [-0.4, -0.2) is 30.7 Å². The summed E-state index contributed by atoms with van der Waals surface area (Å²) in [7, 11) is 4.00. The molecule has 1 heterocycles. The van der Waals surface area contributed by atoms with E-state index in [-0.39, 0.29) is 11.5 Å². The fraction of sp³-hybridized carbons (Fsp3) is 0.0909. The molecule has 5 nitrogen and oxygen atoms in total. The van der Waals surface area contributed by atoms with E-state index in [1.807, 2.05) is 61.5 Å². The molecule has 0 aliphatic carbocycles. The van der Waals surface area contributed by atoms with Gasteiger partial charge in [-0.25, -0.2) is 4.98 Å².